The summed E-state index contributed by atoms with van der Waals surface area (Å²) in [6.45, 7) is 3.97. The second-order valence-electron chi connectivity index (χ2n) is 6.55. The number of aromatic amines is 1. The van der Waals surface area contributed by atoms with E-state index in [0.717, 1.165) is 57.7 Å². The summed E-state index contributed by atoms with van der Waals surface area (Å²) in [6, 6.07) is 1.58. The molecule has 2 saturated heterocycles. The predicted molar refractivity (Wildman–Crippen MR) is 85.0 cm³/mol. The highest BCUT2D eigenvalue weighted by Crippen LogP contribution is 2.20. The lowest BCUT2D eigenvalue weighted by Crippen LogP contribution is -2.45. The number of piperidine rings is 1. The summed E-state index contributed by atoms with van der Waals surface area (Å²) in [5.41, 5.74) is -0.725. The predicted octanol–water partition coefficient (Wildman–Crippen LogP) is 0.412. The number of aromatic nitrogens is 1. The van der Waals surface area contributed by atoms with Crippen LogP contribution in [0.5, 0.6) is 0 Å². The number of rotatable bonds is 3. The summed E-state index contributed by atoms with van der Waals surface area (Å²) in [4.78, 5) is 30.8. The van der Waals surface area contributed by atoms with E-state index >= 15 is 0 Å². The highest BCUT2D eigenvalue weighted by atomic mass is 19.1. The first kappa shape index (κ1) is 16.1. The molecule has 0 radical (unpaired) electrons. The van der Waals surface area contributed by atoms with Crippen LogP contribution >= 0.6 is 0 Å². The van der Waals surface area contributed by atoms with Crippen LogP contribution in [0.3, 0.4) is 0 Å². The molecule has 3 rings (SSSR count). The summed E-state index contributed by atoms with van der Waals surface area (Å²) in [5, 5.41) is 2.86. The summed E-state index contributed by atoms with van der Waals surface area (Å²) in [5.74, 6) is -1.12. The molecule has 7 heteroatoms. The number of carbonyl (C=O) groups is 1. The number of hydrogen-bond acceptors (Lipinski definition) is 4. The normalized spacial score (nSPS) is 24.0. The quantitative estimate of drug-likeness (QED) is 0.846. The van der Waals surface area contributed by atoms with Crippen LogP contribution in [0, 0.1) is 5.82 Å². The van der Waals surface area contributed by atoms with Gasteiger partial charge >= 0.3 is 0 Å². The Morgan fingerprint density at radius 2 is 2.04 bits per heavy atom. The van der Waals surface area contributed by atoms with Gasteiger partial charge in [-0.3, -0.25) is 14.5 Å². The maximum atomic E-state index is 13.2. The minimum atomic E-state index is -0.617. The fraction of sp³-hybridized carbons (Fsp3) is 0.625. The average Bonchev–Trinajstić information content (AvgIpc) is 2.99. The molecule has 1 aromatic heterocycles. The molecule has 2 N–H and O–H groups in total. The molecule has 2 aliphatic heterocycles. The molecule has 0 aromatic carbocycles. The van der Waals surface area contributed by atoms with E-state index in [0.29, 0.717) is 6.04 Å². The van der Waals surface area contributed by atoms with E-state index in [9.17, 15) is 14.0 Å². The van der Waals surface area contributed by atoms with E-state index in [-0.39, 0.29) is 11.6 Å². The number of halogens is 1. The van der Waals surface area contributed by atoms with Crippen molar-refractivity contribution in [3.8, 4) is 0 Å². The Morgan fingerprint density at radius 1 is 1.30 bits per heavy atom. The second kappa shape index (κ2) is 6.80. The fourth-order valence-corrected chi connectivity index (χ4v) is 3.49. The van der Waals surface area contributed by atoms with Crippen molar-refractivity contribution in [2.24, 2.45) is 0 Å². The molecule has 1 unspecified atom stereocenters. The molecular formula is C16H23FN4O2. The number of pyridine rings is 1. The van der Waals surface area contributed by atoms with Gasteiger partial charge < -0.3 is 15.2 Å². The number of hydrogen-bond donors (Lipinski definition) is 2. The van der Waals surface area contributed by atoms with Gasteiger partial charge in [0.1, 0.15) is 11.4 Å². The van der Waals surface area contributed by atoms with Crippen molar-refractivity contribution in [2.75, 3.05) is 33.2 Å². The third-order valence-corrected chi connectivity index (χ3v) is 4.87. The van der Waals surface area contributed by atoms with Crippen molar-refractivity contribution < 1.29 is 9.18 Å². The largest absolute Gasteiger partial charge is 0.348 e. The first-order valence-electron chi connectivity index (χ1n) is 8.14. The van der Waals surface area contributed by atoms with Gasteiger partial charge in [-0.2, -0.15) is 0 Å². The lowest BCUT2D eigenvalue weighted by atomic mass is 10.0. The summed E-state index contributed by atoms with van der Waals surface area (Å²) in [6.07, 6.45) is 4.13. The van der Waals surface area contributed by atoms with Crippen molar-refractivity contribution in [1.82, 2.24) is 20.1 Å². The minimum absolute atomic E-state index is 0.0184. The molecule has 0 aliphatic carbocycles. The van der Waals surface area contributed by atoms with Crippen molar-refractivity contribution in [1.29, 1.82) is 0 Å². The maximum absolute atomic E-state index is 13.2. The number of carbonyl (C=O) groups excluding carboxylic acids is 1. The molecule has 3 heterocycles. The van der Waals surface area contributed by atoms with Crippen LogP contribution in [0.2, 0.25) is 0 Å². The second-order valence-corrected chi connectivity index (χ2v) is 6.55. The first-order chi connectivity index (χ1) is 11.0. The maximum Gasteiger partial charge on any atom is 0.260 e. The van der Waals surface area contributed by atoms with Crippen LogP contribution in [0.1, 0.15) is 29.6 Å². The van der Waals surface area contributed by atoms with Gasteiger partial charge in [0, 0.05) is 31.4 Å². The number of amides is 1. The van der Waals surface area contributed by atoms with Gasteiger partial charge in [-0.25, -0.2) is 4.39 Å². The lowest BCUT2D eigenvalue weighted by molar-refractivity contribution is 0.0930. The van der Waals surface area contributed by atoms with E-state index in [1.807, 2.05) is 0 Å². The third-order valence-electron chi connectivity index (χ3n) is 4.87. The molecule has 2 aliphatic rings. The Morgan fingerprint density at radius 3 is 2.78 bits per heavy atom. The van der Waals surface area contributed by atoms with Gasteiger partial charge in [0.2, 0.25) is 0 Å². The lowest BCUT2D eigenvalue weighted by Gasteiger charge is -2.35. The van der Waals surface area contributed by atoms with Crippen molar-refractivity contribution in [3.63, 3.8) is 0 Å². The highest BCUT2D eigenvalue weighted by molar-refractivity contribution is 5.94. The molecular weight excluding hydrogens is 299 g/mol. The molecule has 0 bridgehead atoms. The molecule has 0 spiro atoms. The van der Waals surface area contributed by atoms with E-state index in [4.69, 9.17) is 0 Å². The zero-order valence-electron chi connectivity index (χ0n) is 13.3. The molecule has 6 nitrogen and oxygen atoms in total. The molecule has 1 amide bonds. The fourth-order valence-electron chi connectivity index (χ4n) is 3.49. The van der Waals surface area contributed by atoms with Crippen LogP contribution in [0.25, 0.3) is 0 Å². The zero-order valence-corrected chi connectivity index (χ0v) is 13.3. The summed E-state index contributed by atoms with van der Waals surface area (Å²) >= 11 is 0. The number of likely N-dealkylation sites (tertiary alicyclic amines) is 2. The van der Waals surface area contributed by atoms with Gasteiger partial charge in [-0.05, 0) is 45.5 Å². The van der Waals surface area contributed by atoms with E-state index in [2.05, 4.69) is 27.1 Å². The van der Waals surface area contributed by atoms with Crippen molar-refractivity contribution in [3.05, 3.63) is 34.0 Å². The van der Waals surface area contributed by atoms with Crippen LogP contribution in [0.4, 0.5) is 4.39 Å². The van der Waals surface area contributed by atoms with Gasteiger partial charge in [-0.15, -0.1) is 0 Å². The molecule has 1 atom stereocenters. The Bertz CT molecular complexity index is 625. The van der Waals surface area contributed by atoms with Gasteiger partial charge in [0.15, 0.2) is 0 Å². The molecule has 126 valence electrons. The smallest absolute Gasteiger partial charge is 0.260 e. The van der Waals surface area contributed by atoms with Crippen LogP contribution in [0.15, 0.2) is 17.1 Å². The molecule has 2 fully saturated rings. The number of nitrogens with one attached hydrogen (secondary N) is 2. The Hall–Kier alpha value is -1.73. The molecule has 23 heavy (non-hydrogen) atoms. The third kappa shape index (κ3) is 3.79. The van der Waals surface area contributed by atoms with E-state index in [1.165, 1.54) is 0 Å². The summed E-state index contributed by atoms with van der Waals surface area (Å²) < 4.78 is 13.2. The molecule has 1 aromatic rings. The van der Waals surface area contributed by atoms with Gasteiger partial charge in [0.05, 0.1) is 0 Å². The Balaban J connectivity index is 1.56. The van der Waals surface area contributed by atoms with Crippen LogP contribution in [-0.4, -0.2) is 66.0 Å². The average molecular weight is 322 g/mol. The first-order valence-corrected chi connectivity index (χ1v) is 8.14. The number of H-pyrrole nitrogens is 1. The Labute approximate surface area is 134 Å². The summed E-state index contributed by atoms with van der Waals surface area (Å²) in [7, 11) is 2.14. The van der Waals surface area contributed by atoms with Crippen LogP contribution < -0.4 is 10.9 Å². The zero-order chi connectivity index (χ0) is 16.4. The van der Waals surface area contributed by atoms with E-state index < -0.39 is 17.3 Å². The van der Waals surface area contributed by atoms with Crippen molar-refractivity contribution >= 4 is 5.91 Å². The molecule has 0 saturated carbocycles. The van der Waals surface area contributed by atoms with Crippen molar-refractivity contribution in [2.45, 2.75) is 31.3 Å². The SMILES string of the molecule is CN1CCC(N2CCC(NC(=O)c3cc(F)c[nH]c3=O)C2)CC1. The Kier molecular flexibility index (Phi) is 4.77. The van der Waals surface area contributed by atoms with E-state index in [1.54, 1.807) is 0 Å². The standard InChI is InChI=1S/C16H23FN4O2/c1-20-5-3-13(4-6-20)21-7-2-12(10-21)19-16(23)14-8-11(17)9-18-15(14)22/h8-9,12-13H,2-7,10H2,1H3,(H,18,22)(H,19,23). The van der Waals surface area contributed by atoms with Gasteiger partial charge in [0.25, 0.3) is 11.5 Å². The monoisotopic (exact) mass is 322 g/mol. The topological polar surface area (TPSA) is 68.4 Å². The minimum Gasteiger partial charge on any atom is -0.348 e. The van der Waals surface area contributed by atoms with Crippen LogP contribution in [-0.2, 0) is 0 Å². The highest BCUT2D eigenvalue weighted by Gasteiger charge is 2.31. The number of nitrogens with zero attached hydrogens (tertiary/aromatic N) is 2. The van der Waals surface area contributed by atoms with Gasteiger partial charge in [-0.1, -0.05) is 0 Å².